The molecule has 1 unspecified atom stereocenters. The molecule has 1 aromatic heterocycles. The fourth-order valence-electron chi connectivity index (χ4n) is 2.85. The molecule has 0 saturated heterocycles. The number of amides is 1. The van der Waals surface area contributed by atoms with Crippen molar-refractivity contribution < 1.29 is 14.3 Å². The number of fused-ring (bicyclic) bond motifs is 1. The van der Waals surface area contributed by atoms with Gasteiger partial charge in [-0.05, 0) is 46.5 Å². The van der Waals surface area contributed by atoms with E-state index in [4.69, 9.17) is 9.47 Å². The Labute approximate surface area is 133 Å². The zero-order valence-electron chi connectivity index (χ0n) is 13.2. The number of nitrogens with zero attached hydrogens (tertiary/aromatic N) is 4. The Hall–Kier alpha value is -2.64. The number of carbonyl (C=O) groups is 1. The van der Waals surface area contributed by atoms with Crippen LogP contribution in [0.4, 0.5) is 0 Å². The molecule has 1 amide bonds. The Kier molecular flexibility index (Phi) is 4.40. The van der Waals surface area contributed by atoms with Crippen molar-refractivity contribution in [3.8, 4) is 11.5 Å². The van der Waals surface area contributed by atoms with Crippen LogP contribution in [-0.4, -0.2) is 40.3 Å². The summed E-state index contributed by atoms with van der Waals surface area (Å²) in [7, 11) is 3.23. The molecule has 1 aromatic carbocycles. The Balaban J connectivity index is 1.66. The lowest BCUT2D eigenvalue weighted by molar-refractivity contribution is -0.122. The summed E-state index contributed by atoms with van der Waals surface area (Å²) < 4.78 is 12.2. The molecular formula is C15H19N5O3. The molecule has 1 atom stereocenters. The summed E-state index contributed by atoms with van der Waals surface area (Å²) in [6, 6.07) is 3.95. The van der Waals surface area contributed by atoms with Gasteiger partial charge in [0.1, 0.15) is 6.33 Å². The molecule has 0 aliphatic heterocycles. The van der Waals surface area contributed by atoms with Crippen LogP contribution in [0.15, 0.2) is 18.5 Å². The average Bonchev–Trinajstić information content (AvgIpc) is 3.21. The first-order chi connectivity index (χ1) is 11.2. The molecule has 23 heavy (non-hydrogen) atoms. The predicted molar refractivity (Wildman–Crippen MR) is 81.2 cm³/mol. The molecule has 0 bridgehead atoms. The van der Waals surface area contributed by atoms with E-state index in [9.17, 15) is 4.79 Å². The summed E-state index contributed by atoms with van der Waals surface area (Å²) in [5, 5.41) is 13.9. The largest absolute Gasteiger partial charge is 0.493 e. The van der Waals surface area contributed by atoms with Crippen LogP contribution in [0.1, 0.15) is 30.0 Å². The van der Waals surface area contributed by atoms with Gasteiger partial charge in [-0.2, -0.15) is 0 Å². The summed E-state index contributed by atoms with van der Waals surface area (Å²) in [5.74, 6) is 1.38. The molecule has 8 heteroatoms. The van der Waals surface area contributed by atoms with Gasteiger partial charge in [-0.3, -0.25) is 4.79 Å². The fourth-order valence-corrected chi connectivity index (χ4v) is 2.85. The highest BCUT2D eigenvalue weighted by Gasteiger charge is 2.26. The maximum absolute atomic E-state index is 12.1. The van der Waals surface area contributed by atoms with E-state index in [0.717, 1.165) is 24.2 Å². The first-order valence-electron chi connectivity index (χ1n) is 7.46. The third-order valence-electron chi connectivity index (χ3n) is 4.02. The van der Waals surface area contributed by atoms with Crippen LogP contribution in [0.2, 0.25) is 0 Å². The van der Waals surface area contributed by atoms with E-state index in [1.807, 2.05) is 12.1 Å². The number of benzene rings is 1. The van der Waals surface area contributed by atoms with Crippen LogP contribution < -0.4 is 14.8 Å². The van der Waals surface area contributed by atoms with Gasteiger partial charge in [0.15, 0.2) is 11.5 Å². The number of hydrogen-bond acceptors (Lipinski definition) is 6. The van der Waals surface area contributed by atoms with E-state index in [1.165, 1.54) is 16.6 Å². The van der Waals surface area contributed by atoms with E-state index >= 15 is 0 Å². The molecule has 0 saturated carbocycles. The van der Waals surface area contributed by atoms with Gasteiger partial charge in [-0.1, -0.05) is 0 Å². The highest BCUT2D eigenvalue weighted by Crippen LogP contribution is 2.39. The van der Waals surface area contributed by atoms with Crippen LogP contribution in [0.3, 0.4) is 0 Å². The Morgan fingerprint density at radius 3 is 2.83 bits per heavy atom. The number of hydrogen-bond donors (Lipinski definition) is 1. The molecule has 3 rings (SSSR count). The Morgan fingerprint density at radius 2 is 2.13 bits per heavy atom. The van der Waals surface area contributed by atoms with Gasteiger partial charge in [0.2, 0.25) is 5.91 Å². The van der Waals surface area contributed by atoms with Crippen LogP contribution in [0.25, 0.3) is 0 Å². The van der Waals surface area contributed by atoms with Crippen LogP contribution in [0.5, 0.6) is 11.5 Å². The second-order valence-electron chi connectivity index (χ2n) is 5.39. The number of methoxy groups -OCH3 is 2. The average molecular weight is 317 g/mol. The van der Waals surface area contributed by atoms with Crippen LogP contribution in [0, 0.1) is 0 Å². The lowest BCUT2D eigenvalue weighted by Crippen LogP contribution is -2.28. The van der Waals surface area contributed by atoms with Crippen molar-refractivity contribution >= 4 is 5.91 Å². The molecule has 0 spiro atoms. The van der Waals surface area contributed by atoms with Gasteiger partial charge in [0, 0.05) is 6.42 Å². The third-order valence-corrected chi connectivity index (χ3v) is 4.02. The molecule has 1 heterocycles. The highest BCUT2D eigenvalue weighted by atomic mass is 16.5. The summed E-state index contributed by atoms with van der Waals surface area (Å²) in [5.41, 5.74) is 2.28. The standard InChI is InChI=1S/C15H19N5O3/c1-22-13-7-10-3-4-12(11(10)8-14(13)23-2)17-15(21)5-6-20-9-16-18-19-20/h7-9,12H,3-6H2,1-2H3,(H,17,21). The van der Waals surface area contributed by atoms with Crippen molar-refractivity contribution in [3.05, 3.63) is 29.6 Å². The lowest BCUT2D eigenvalue weighted by atomic mass is 10.1. The molecular weight excluding hydrogens is 298 g/mol. The number of ether oxygens (including phenoxy) is 2. The second-order valence-corrected chi connectivity index (χ2v) is 5.39. The van der Waals surface area contributed by atoms with Crippen molar-refractivity contribution in [2.75, 3.05) is 14.2 Å². The molecule has 1 N–H and O–H groups in total. The minimum atomic E-state index is -0.0202. The highest BCUT2D eigenvalue weighted by molar-refractivity contribution is 5.76. The van der Waals surface area contributed by atoms with E-state index < -0.39 is 0 Å². The maximum Gasteiger partial charge on any atom is 0.222 e. The van der Waals surface area contributed by atoms with Crippen molar-refractivity contribution in [2.45, 2.75) is 31.8 Å². The summed E-state index contributed by atoms with van der Waals surface area (Å²) in [6.07, 6.45) is 3.62. The van der Waals surface area contributed by atoms with E-state index in [1.54, 1.807) is 14.2 Å². The minimum absolute atomic E-state index is 0.00572. The van der Waals surface area contributed by atoms with Crippen molar-refractivity contribution in [1.82, 2.24) is 25.5 Å². The molecule has 0 radical (unpaired) electrons. The molecule has 122 valence electrons. The lowest BCUT2D eigenvalue weighted by Gasteiger charge is -2.16. The van der Waals surface area contributed by atoms with Gasteiger partial charge in [-0.15, -0.1) is 5.10 Å². The van der Waals surface area contributed by atoms with E-state index in [-0.39, 0.29) is 11.9 Å². The SMILES string of the molecule is COc1cc2c(cc1OC)C(NC(=O)CCn1cnnn1)CC2. The number of nitrogens with one attached hydrogen (secondary N) is 1. The van der Waals surface area contributed by atoms with Crippen LogP contribution in [-0.2, 0) is 17.8 Å². The summed E-state index contributed by atoms with van der Waals surface area (Å²) >= 11 is 0. The normalized spacial score (nSPS) is 16.0. The molecule has 2 aromatic rings. The number of aryl methyl sites for hydroxylation is 2. The fraction of sp³-hybridized carbons (Fsp3) is 0.467. The summed E-state index contributed by atoms with van der Waals surface area (Å²) in [6.45, 7) is 0.463. The monoisotopic (exact) mass is 317 g/mol. The molecule has 8 nitrogen and oxygen atoms in total. The van der Waals surface area contributed by atoms with Crippen LogP contribution >= 0.6 is 0 Å². The first-order valence-corrected chi connectivity index (χ1v) is 7.46. The number of tetrazole rings is 1. The first kappa shape index (κ1) is 15.3. The third kappa shape index (κ3) is 3.25. The van der Waals surface area contributed by atoms with Gasteiger partial charge in [0.05, 0.1) is 26.8 Å². The zero-order valence-corrected chi connectivity index (χ0v) is 13.2. The maximum atomic E-state index is 12.1. The van der Waals surface area contributed by atoms with Gasteiger partial charge >= 0.3 is 0 Å². The second kappa shape index (κ2) is 6.64. The smallest absolute Gasteiger partial charge is 0.222 e. The van der Waals surface area contributed by atoms with Gasteiger partial charge in [0.25, 0.3) is 0 Å². The quantitative estimate of drug-likeness (QED) is 0.850. The Bertz CT molecular complexity index is 687. The van der Waals surface area contributed by atoms with Crippen molar-refractivity contribution in [1.29, 1.82) is 0 Å². The van der Waals surface area contributed by atoms with Crippen molar-refractivity contribution in [2.24, 2.45) is 0 Å². The molecule has 1 aliphatic rings. The summed E-state index contributed by atoms with van der Waals surface area (Å²) in [4.78, 5) is 12.1. The zero-order chi connectivity index (χ0) is 16.2. The van der Waals surface area contributed by atoms with E-state index in [0.29, 0.717) is 18.7 Å². The Morgan fingerprint density at radius 1 is 1.35 bits per heavy atom. The van der Waals surface area contributed by atoms with Crippen molar-refractivity contribution in [3.63, 3.8) is 0 Å². The number of rotatable bonds is 6. The predicted octanol–water partition coefficient (Wildman–Crippen LogP) is 0.884. The number of carbonyl (C=O) groups excluding carboxylic acids is 1. The molecule has 1 aliphatic carbocycles. The van der Waals surface area contributed by atoms with E-state index in [2.05, 4.69) is 20.8 Å². The van der Waals surface area contributed by atoms with Gasteiger partial charge in [-0.25, -0.2) is 4.68 Å². The van der Waals surface area contributed by atoms with Gasteiger partial charge < -0.3 is 14.8 Å². The topological polar surface area (TPSA) is 91.2 Å². The molecule has 0 fully saturated rings. The minimum Gasteiger partial charge on any atom is -0.493 e. The number of aromatic nitrogens is 4.